The third-order valence-corrected chi connectivity index (χ3v) is 4.95. The highest BCUT2D eigenvalue weighted by molar-refractivity contribution is 7.47. The fraction of sp³-hybridized carbons (Fsp3) is 0.647. The molecule has 0 heterocycles. The summed E-state index contributed by atoms with van der Waals surface area (Å²) in [6, 6.07) is 8.53. The smallest absolute Gasteiger partial charge is 0.321 e. The zero-order valence-corrected chi connectivity index (χ0v) is 15.9. The van der Waals surface area contributed by atoms with Gasteiger partial charge in [-0.3, -0.25) is 9.05 Å². The van der Waals surface area contributed by atoms with Gasteiger partial charge in [0.05, 0.1) is 13.2 Å². The van der Waals surface area contributed by atoms with Gasteiger partial charge in [-0.05, 0) is 44.2 Å². The summed E-state index contributed by atoms with van der Waals surface area (Å²) in [5.74, 6) is 0. The van der Waals surface area contributed by atoms with Gasteiger partial charge in [-0.2, -0.15) is 0 Å². The Labute approximate surface area is 140 Å². The van der Waals surface area contributed by atoms with Crippen molar-refractivity contribution in [1.29, 1.82) is 0 Å². The lowest BCUT2D eigenvalue weighted by Gasteiger charge is -2.29. The topological polar surface area (TPSA) is 81.8 Å². The largest absolute Gasteiger partial charge is 0.472 e. The summed E-state index contributed by atoms with van der Waals surface area (Å²) >= 11 is 0. The molecule has 0 amide bonds. The predicted molar refractivity (Wildman–Crippen MR) is 95.3 cm³/mol. The first-order valence-electron chi connectivity index (χ1n) is 8.29. The molecular formula is C17H32NO4P. The van der Waals surface area contributed by atoms with Gasteiger partial charge < -0.3 is 10.6 Å². The molecule has 0 aliphatic carbocycles. The monoisotopic (exact) mass is 345 g/mol. The first-order chi connectivity index (χ1) is 10.8. The van der Waals surface area contributed by atoms with E-state index >= 15 is 0 Å². The molecule has 1 aromatic rings. The maximum Gasteiger partial charge on any atom is 0.472 e. The second-order valence-corrected chi connectivity index (χ2v) is 6.63. The van der Waals surface area contributed by atoms with Crippen LogP contribution in [0.25, 0.3) is 0 Å². The number of phosphoric ester groups is 1. The SMILES string of the molecule is CCOP(=O)(O)OCC.CCc1ccccc1C(N)(CC)CC. The summed E-state index contributed by atoms with van der Waals surface area (Å²) in [7, 11) is -3.69. The third-order valence-electron chi connectivity index (χ3n) is 3.78. The van der Waals surface area contributed by atoms with Crippen molar-refractivity contribution in [2.45, 2.75) is 59.4 Å². The van der Waals surface area contributed by atoms with E-state index in [1.165, 1.54) is 11.1 Å². The second kappa shape index (κ2) is 11.0. The van der Waals surface area contributed by atoms with Crippen molar-refractivity contribution in [2.24, 2.45) is 5.73 Å². The number of nitrogens with two attached hydrogens (primary N) is 1. The normalized spacial score (nSPS) is 11.8. The Kier molecular flexibility index (Phi) is 10.6. The molecule has 0 saturated heterocycles. The van der Waals surface area contributed by atoms with E-state index in [9.17, 15) is 4.57 Å². The maximum atomic E-state index is 10.5. The molecule has 0 aliphatic rings. The van der Waals surface area contributed by atoms with Gasteiger partial charge in [-0.25, -0.2) is 4.57 Å². The molecule has 0 aliphatic heterocycles. The van der Waals surface area contributed by atoms with Crippen LogP contribution in [0.1, 0.15) is 58.6 Å². The van der Waals surface area contributed by atoms with Crippen LogP contribution in [-0.2, 0) is 25.6 Å². The van der Waals surface area contributed by atoms with Crippen molar-refractivity contribution < 1.29 is 18.5 Å². The molecule has 6 heteroatoms. The van der Waals surface area contributed by atoms with Gasteiger partial charge in [-0.1, -0.05) is 45.0 Å². The molecule has 1 rings (SSSR count). The molecule has 0 bridgehead atoms. The molecule has 0 fully saturated rings. The van der Waals surface area contributed by atoms with Crippen LogP contribution >= 0.6 is 7.82 Å². The number of phosphoric acid groups is 1. The van der Waals surface area contributed by atoms with Crippen LogP contribution in [0, 0.1) is 0 Å². The quantitative estimate of drug-likeness (QED) is 0.683. The summed E-state index contributed by atoms with van der Waals surface area (Å²) in [6.45, 7) is 10.1. The molecule has 23 heavy (non-hydrogen) atoms. The predicted octanol–water partition coefficient (Wildman–Crippen LogP) is 4.38. The van der Waals surface area contributed by atoms with E-state index in [0.29, 0.717) is 0 Å². The van der Waals surface area contributed by atoms with Gasteiger partial charge in [0.1, 0.15) is 0 Å². The Morgan fingerprint density at radius 2 is 1.52 bits per heavy atom. The minimum atomic E-state index is -3.69. The van der Waals surface area contributed by atoms with Crippen LogP contribution < -0.4 is 5.73 Å². The van der Waals surface area contributed by atoms with Crippen LogP contribution in [0.5, 0.6) is 0 Å². The highest BCUT2D eigenvalue weighted by Gasteiger charge is 2.24. The molecule has 3 N–H and O–H groups in total. The van der Waals surface area contributed by atoms with Crippen molar-refractivity contribution in [1.82, 2.24) is 0 Å². The Morgan fingerprint density at radius 1 is 1.04 bits per heavy atom. The molecule has 0 atom stereocenters. The Hall–Kier alpha value is -0.710. The molecule has 0 saturated carbocycles. The highest BCUT2D eigenvalue weighted by Crippen LogP contribution is 2.42. The Morgan fingerprint density at radius 3 is 1.91 bits per heavy atom. The highest BCUT2D eigenvalue weighted by atomic mass is 31.2. The van der Waals surface area contributed by atoms with Crippen LogP contribution in [0.15, 0.2) is 24.3 Å². The molecule has 1 aromatic carbocycles. The van der Waals surface area contributed by atoms with E-state index in [2.05, 4.69) is 54.1 Å². The van der Waals surface area contributed by atoms with Gasteiger partial charge in [0.25, 0.3) is 0 Å². The summed E-state index contributed by atoms with van der Waals surface area (Å²) in [6.07, 6.45) is 3.07. The molecule has 0 unspecified atom stereocenters. The number of benzene rings is 1. The van der Waals surface area contributed by atoms with Crippen LogP contribution in [0.2, 0.25) is 0 Å². The van der Waals surface area contributed by atoms with Crippen molar-refractivity contribution in [3.8, 4) is 0 Å². The lowest BCUT2D eigenvalue weighted by atomic mass is 9.82. The summed E-state index contributed by atoms with van der Waals surface area (Å²) in [5.41, 5.74) is 8.98. The van der Waals surface area contributed by atoms with Gasteiger partial charge in [0.2, 0.25) is 0 Å². The number of hydrogen-bond acceptors (Lipinski definition) is 4. The van der Waals surface area contributed by atoms with Gasteiger partial charge in [0, 0.05) is 5.54 Å². The Bertz CT molecular complexity index is 479. The van der Waals surface area contributed by atoms with Crippen molar-refractivity contribution in [3.05, 3.63) is 35.4 Å². The summed E-state index contributed by atoms with van der Waals surface area (Å²) in [5, 5.41) is 0. The van der Waals surface area contributed by atoms with Gasteiger partial charge >= 0.3 is 7.82 Å². The molecule has 5 nitrogen and oxygen atoms in total. The Balaban J connectivity index is 0.000000468. The van der Waals surface area contributed by atoms with Gasteiger partial charge in [-0.15, -0.1) is 0 Å². The average molecular weight is 345 g/mol. The van der Waals surface area contributed by atoms with Crippen LogP contribution in [0.4, 0.5) is 0 Å². The minimum absolute atomic E-state index is 0.132. The van der Waals surface area contributed by atoms with Crippen LogP contribution in [-0.4, -0.2) is 18.1 Å². The first kappa shape index (κ1) is 22.3. The average Bonchev–Trinajstić information content (AvgIpc) is 2.54. The fourth-order valence-electron chi connectivity index (χ4n) is 2.31. The number of aryl methyl sites for hydroxylation is 1. The van der Waals surface area contributed by atoms with Crippen molar-refractivity contribution in [3.63, 3.8) is 0 Å². The second-order valence-electron chi connectivity index (χ2n) is 5.18. The van der Waals surface area contributed by atoms with Gasteiger partial charge in [0.15, 0.2) is 0 Å². The van der Waals surface area contributed by atoms with E-state index in [1.807, 2.05) is 0 Å². The molecule has 0 radical (unpaired) electrons. The zero-order chi connectivity index (χ0) is 17.9. The molecule has 0 aromatic heterocycles. The fourth-order valence-corrected chi connectivity index (χ4v) is 3.04. The van der Waals surface area contributed by atoms with E-state index in [1.54, 1.807) is 13.8 Å². The van der Waals surface area contributed by atoms with Crippen molar-refractivity contribution in [2.75, 3.05) is 13.2 Å². The standard InChI is InChI=1S/C13H21N.C4H11O4P/c1-4-11-9-7-8-10-12(11)13(14,5-2)6-3;1-3-7-9(5,6)8-4-2/h7-10H,4-6,14H2,1-3H3;3-4H2,1-2H3,(H,5,6). The summed E-state index contributed by atoms with van der Waals surface area (Å²) < 4.78 is 19.2. The number of rotatable bonds is 8. The molecular weight excluding hydrogens is 313 g/mol. The molecule has 134 valence electrons. The minimum Gasteiger partial charge on any atom is -0.321 e. The van der Waals surface area contributed by atoms with Crippen LogP contribution in [0.3, 0.4) is 0 Å². The molecule has 0 spiro atoms. The lowest BCUT2D eigenvalue weighted by Crippen LogP contribution is -2.36. The number of hydrogen-bond donors (Lipinski definition) is 2. The van der Waals surface area contributed by atoms with Crippen molar-refractivity contribution >= 4 is 7.82 Å². The summed E-state index contributed by atoms with van der Waals surface area (Å²) in [4.78, 5) is 8.63. The lowest BCUT2D eigenvalue weighted by molar-refractivity contribution is 0.161. The van der Waals surface area contributed by atoms with E-state index in [0.717, 1.165) is 19.3 Å². The van der Waals surface area contributed by atoms with E-state index in [-0.39, 0.29) is 18.8 Å². The third kappa shape index (κ3) is 7.60. The first-order valence-corrected chi connectivity index (χ1v) is 9.78. The van der Waals surface area contributed by atoms with E-state index in [4.69, 9.17) is 10.6 Å². The maximum absolute atomic E-state index is 10.5. The zero-order valence-electron chi connectivity index (χ0n) is 15.0. The van der Waals surface area contributed by atoms with E-state index < -0.39 is 7.82 Å².